The van der Waals surface area contributed by atoms with Crippen molar-refractivity contribution in [2.24, 2.45) is 0 Å². The zero-order valence-electron chi connectivity index (χ0n) is 18.2. The predicted molar refractivity (Wildman–Crippen MR) is 144 cm³/mol. The van der Waals surface area contributed by atoms with Crippen molar-refractivity contribution in [2.75, 3.05) is 0 Å². The molecule has 33 heavy (non-hydrogen) atoms. The Morgan fingerprint density at radius 3 is 2.18 bits per heavy atom. The molecule has 0 radical (unpaired) electrons. The summed E-state index contributed by atoms with van der Waals surface area (Å²) in [6.07, 6.45) is 0. The molecule has 0 spiro atoms. The van der Waals surface area contributed by atoms with Gasteiger partial charge < -0.3 is 4.57 Å². The lowest BCUT2D eigenvalue weighted by molar-refractivity contribution is 1.18. The predicted octanol–water partition coefficient (Wildman–Crippen LogP) is 9.13. The van der Waals surface area contributed by atoms with Gasteiger partial charge in [0, 0.05) is 36.6 Å². The first-order chi connectivity index (χ1) is 16.3. The summed E-state index contributed by atoms with van der Waals surface area (Å²) in [6, 6.07) is 39.8. The van der Waals surface area contributed by atoms with E-state index in [1.165, 1.54) is 64.4 Å². The number of para-hydroxylation sites is 1. The number of aromatic nitrogens is 1. The first-order valence-electron chi connectivity index (χ1n) is 11.3. The third-order valence-corrected chi connectivity index (χ3v) is 7.87. The van der Waals surface area contributed by atoms with E-state index in [0.29, 0.717) is 0 Å². The lowest BCUT2D eigenvalue weighted by Gasteiger charge is -2.08. The fraction of sp³-hybridized carbons (Fsp3) is 0.0323. The minimum atomic E-state index is 1.20. The van der Waals surface area contributed by atoms with Gasteiger partial charge in [-0.15, -0.1) is 11.3 Å². The zero-order chi connectivity index (χ0) is 21.9. The van der Waals surface area contributed by atoms with Crippen molar-refractivity contribution in [3.63, 3.8) is 0 Å². The summed E-state index contributed by atoms with van der Waals surface area (Å²) < 4.78 is 5.09. The van der Waals surface area contributed by atoms with Gasteiger partial charge in [0.1, 0.15) is 0 Å². The minimum Gasteiger partial charge on any atom is -0.309 e. The highest BCUT2D eigenvalue weighted by molar-refractivity contribution is 7.26. The van der Waals surface area contributed by atoms with Crippen molar-refractivity contribution in [2.45, 2.75) is 6.92 Å². The molecular weight excluding hydrogens is 418 g/mol. The molecule has 0 saturated heterocycles. The summed E-state index contributed by atoms with van der Waals surface area (Å²) in [5, 5.41) is 5.29. The summed E-state index contributed by atoms with van der Waals surface area (Å²) >= 11 is 1.89. The van der Waals surface area contributed by atoms with Crippen molar-refractivity contribution in [3.05, 3.63) is 115 Å². The van der Waals surface area contributed by atoms with Gasteiger partial charge in [0.05, 0.1) is 11.0 Å². The van der Waals surface area contributed by atoms with Crippen molar-refractivity contribution in [1.82, 2.24) is 4.57 Å². The van der Waals surface area contributed by atoms with E-state index in [4.69, 9.17) is 0 Å². The van der Waals surface area contributed by atoms with Gasteiger partial charge >= 0.3 is 0 Å². The average Bonchev–Trinajstić information content (AvgIpc) is 3.39. The normalized spacial score (nSPS) is 11.8. The second-order valence-corrected chi connectivity index (χ2v) is 9.76. The highest BCUT2D eigenvalue weighted by atomic mass is 32.1. The van der Waals surface area contributed by atoms with Crippen molar-refractivity contribution < 1.29 is 0 Å². The number of thiophene rings is 1. The average molecular weight is 440 g/mol. The molecule has 0 aliphatic carbocycles. The Kier molecular flexibility index (Phi) is 3.99. The highest BCUT2D eigenvalue weighted by Crippen LogP contribution is 2.41. The monoisotopic (exact) mass is 439 g/mol. The molecule has 5 aromatic carbocycles. The molecule has 0 atom stereocenters. The van der Waals surface area contributed by atoms with Crippen LogP contribution < -0.4 is 0 Å². The van der Waals surface area contributed by atoms with E-state index in [2.05, 4.69) is 121 Å². The topological polar surface area (TPSA) is 4.93 Å². The van der Waals surface area contributed by atoms with E-state index in [1.54, 1.807) is 0 Å². The maximum Gasteiger partial charge on any atom is 0.0541 e. The van der Waals surface area contributed by atoms with E-state index in [9.17, 15) is 0 Å². The second-order valence-electron chi connectivity index (χ2n) is 8.70. The third kappa shape index (κ3) is 2.78. The SMILES string of the molecule is Cc1ccc2c(c1)c1cc(-c3cccc4c3sc3ccccc34)ccc1n2-c1ccccc1. The van der Waals surface area contributed by atoms with Crippen LogP contribution in [0.3, 0.4) is 0 Å². The number of hydrogen-bond acceptors (Lipinski definition) is 1. The van der Waals surface area contributed by atoms with E-state index < -0.39 is 0 Å². The van der Waals surface area contributed by atoms with Crippen LogP contribution in [-0.2, 0) is 0 Å². The van der Waals surface area contributed by atoms with Crippen LogP contribution in [-0.4, -0.2) is 4.57 Å². The maximum absolute atomic E-state index is 2.38. The van der Waals surface area contributed by atoms with E-state index in [-0.39, 0.29) is 0 Å². The fourth-order valence-electron chi connectivity index (χ4n) is 5.13. The quantitative estimate of drug-likeness (QED) is 0.253. The molecule has 0 bridgehead atoms. The Morgan fingerprint density at radius 1 is 0.576 bits per heavy atom. The summed E-state index contributed by atoms with van der Waals surface area (Å²) in [4.78, 5) is 0. The number of hydrogen-bond donors (Lipinski definition) is 0. The molecule has 0 aliphatic heterocycles. The van der Waals surface area contributed by atoms with Gasteiger partial charge in [-0.05, 0) is 60.5 Å². The lowest BCUT2D eigenvalue weighted by Crippen LogP contribution is -1.93. The fourth-order valence-corrected chi connectivity index (χ4v) is 6.37. The van der Waals surface area contributed by atoms with Gasteiger partial charge in [-0.1, -0.05) is 72.3 Å². The van der Waals surface area contributed by atoms with E-state index in [0.717, 1.165) is 0 Å². The first kappa shape index (κ1) is 18.7. The van der Waals surface area contributed by atoms with Crippen LogP contribution in [0.15, 0.2) is 109 Å². The number of aryl methyl sites for hydroxylation is 1. The van der Waals surface area contributed by atoms with Crippen LogP contribution in [0.5, 0.6) is 0 Å². The molecule has 2 heterocycles. The molecule has 7 rings (SSSR count). The Hall–Kier alpha value is -3.88. The smallest absolute Gasteiger partial charge is 0.0541 e. The molecule has 0 amide bonds. The lowest BCUT2D eigenvalue weighted by atomic mass is 10.0. The van der Waals surface area contributed by atoms with E-state index in [1.807, 2.05) is 11.3 Å². The largest absolute Gasteiger partial charge is 0.309 e. The molecule has 2 heteroatoms. The van der Waals surface area contributed by atoms with Gasteiger partial charge in [-0.3, -0.25) is 0 Å². The molecule has 0 saturated carbocycles. The summed E-state index contributed by atoms with van der Waals surface area (Å²) in [7, 11) is 0. The van der Waals surface area contributed by atoms with Gasteiger partial charge in [0.25, 0.3) is 0 Å². The number of fused-ring (bicyclic) bond motifs is 6. The highest BCUT2D eigenvalue weighted by Gasteiger charge is 2.15. The molecular formula is C31H21NS. The van der Waals surface area contributed by atoms with E-state index >= 15 is 0 Å². The van der Waals surface area contributed by atoms with Gasteiger partial charge in [0.2, 0.25) is 0 Å². The number of rotatable bonds is 2. The first-order valence-corrected chi connectivity index (χ1v) is 12.1. The third-order valence-electron chi connectivity index (χ3n) is 6.65. The van der Waals surface area contributed by atoms with Crippen molar-refractivity contribution in [3.8, 4) is 16.8 Å². The molecule has 7 aromatic rings. The van der Waals surface area contributed by atoms with Crippen molar-refractivity contribution >= 4 is 53.3 Å². The van der Waals surface area contributed by atoms with Crippen LogP contribution in [0.2, 0.25) is 0 Å². The Morgan fingerprint density at radius 2 is 1.30 bits per heavy atom. The Balaban J connectivity index is 1.55. The van der Waals surface area contributed by atoms with Gasteiger partial charge in [0.15, 0.2) is 0 Å². The molecule has 0 fully saturated rings. The van der Waals surface area contributed by atoms with Crippen LogP contribution in [0.25, 0.3) is 58.8 Å². The van der Waals surface area contributed by atoms with Crippen LogP contribution in [0.1, 0.15) is 5.56 Å². The molecule has 0 unspecified atom stereocenters. The van der Waals surface area contributed by atoms with Gasteiger partial charge in [-0.2, -0.15) is 0 Å². The Labute approximate surface area is 196 Å². The number of nitrogens with zero attached hydrogens (tertiary/aromatic N) is 1. The summed E-state index contributed by atoms with van der Waals surface area (Å²) in [6.45, 7) is 2.17. The molecule has 0 aliphatic rings. The Bertz CT molecular complexity index is 1820. The summed E-state index contributed by atoms with van der Waals surface area (Å²) in [5.74, 6) is 0. The zero-order valence-corrected chi connectivity index (χ0v) is 19.1. The van der Waals surface area contributed by atoms with Crippen LogP contribution in [0, 0.1) is 6.92 Å². The van der Waals surface area contributed by atoms with Gasteiger partial charge in [-0.25, -0.2) is 0 Å². The molecule has 2 aromatic heterocycles. The molecule has 1 nitrogen and oxygen atoms in total. The van der Waals surface area contributed by atoms with Crippen LogP contribution in [0.4, 0.5) is 0 Å². The summed E-state index contributed by atoms with van der Waals surface area (Å²) in [5.41, 5.74) is 7.55. The molecule has 0 N–H and O–H groups in total. The molecule has 156 valence electrons. The van der Waals surface area contributed by atoms with Crippen molar-refractivity contribution in [1.29, 1.82) is 0 Å². The standard InChI is InChI=1S/C31H21NS/c1-20-14-16-28-26(18-20)27-19-21(15-17-29(27)32(28)22-8-3-2-4-9-22)23-11-7-12-25-24-10-5-6-13-30(24)33-31(23)25/h2-19H,1H3. The number of benzene rings is 5. The van der Waals surface area contributed by atoms with Crippen LogP contribution >= 0.6 is 11.3 Å². The second kappa shape index (κ2) is 7.06. The minimum absolute atomic E-state index is 1.20. The maximum atomic E-state index is 2.38.